The van der Waals surface area contributed by atoms with Crippen LogP contribution in [0.5, 0.6) is 5.88 Å². The zero-order valence-electron chi connectivity index (χ0n) is 14.9. The molecule has 136 valence electrons. The van der Waals surface area contributed by atoms with E-state index in [1.165, 1.54) is 6.07 Å². The molecule has 4 nitrogen and oxygen atoms in total. The zero-order chi connectivity index (χ0) is 19.1. The summed E-state index contributed by atoms with van der Waals surface area (Å²) in [5.74, 6) is -0.236. The van der Waals surface area contributed by atoms with Gasteiger partial charge in [0.15, 0.2) is 0 Å². The van der Waals surface area contributed by atoms with Gasteiger partial charge in [-0.1, -0.05) is 36.4 Å². The van der Waals surface area contributed by atoms with E-state index in [0.717, 1.165) is 22.0 Å². The van der Waals surface area contributed by atoms with Gasteiger partial charge >= 0.3 is 0 Å². The number of aromatic hydroxyl groups is 1. The lowest BCUT2D eigenvalue weighted by atomic mass is 10.0. The number of rotatable bonds is 3. The number of hydrogen-bond donors (Lipinski definition) is 1. The summed E-state index contributed by atoms with van der Waals surface area (Å²) in [6.07, 6.45) is 5.14. The van der Waals surface area contributed by atoms with Crippen molar-refractivity contribution >= 4 is 21.8 Å². The van der Waals surface area contributed by atoms with Gasteiger partial charge in [-0.05, 0) is 29.8 Å². The molecule has 0 aliphatic carbocycles. The minimum atomic E-state index is -0.324. The van der Waals surface area contributed by atoms with Crippen LogP contribution < -0.4 is 0 Å². The quantitative estimate of drug-likeness (QED) is 0.479. The summed E-state index contributed by atoms with van der Waals surface area (Å²) in [6.45, 7) is 0.224. The van der Waals surface area contributed by atoms with Gasteiger partial charge in [0.1, 0.15) is 5.82 Å². The lowest BCUT2D eigenvalue weighted by Gasteiger charge is -2.10. The molecule has 5 heteroatoms. The number of para-hydroxylation sites is 1. The van der Waals surface area contributed by atoms with Gasteiger partial charge in [0.25, 0.3) is 0 Å². The van der Waals surface area contributed by atoms with Crippen LogP contribution in [-0.2, 0) is 6.54 Å². The van der Waals surface area contributed by atoms with E-state index in [2.05, 4.69) is 9.97 Å². The first-order valence-corrected chi connectivity index (χ1v) is 8.96. The standard InChI is InChI=1S/C23H16FN3O/c24-20-12-16(18-6-1-4-15-5-2-11-26-22(15)18)8-9-17(20)13-27-14-21-19(23(27)28)7-3-10-25-21/h1-12,14,28H,13H2. The van der Waals surface area contributed by atoms with Crippen molar-refractivity contribution in [1.82, 2.24) is 14.5 Å². The third-order valence-electron chi connectivity index (χ3n) is 4.97. The first-order valence-electron chi connectivity index (χ1n) is 8.96. The first-order chi connectivity index (χ1) is 13.7. The summed E-state index contributed by atoms with van der Waals surface area (Å²) < 4.78 is 16.5. The average molecular weight is 369 g/mol. The zero-order valence-corrected chi connectivity index (χ0v) is 14.9. The molecule has 0 aliphatic rings. The van der Waals surface area contributed by atoms with Crippen LogP contribution in [0.2, 0.25) is 0 Å². The van der Waals surface area contributed by atoms with Crippen LogP contribution in [0, 0.1) is 5.82 Å². The van der Waals surface area contributed by atoms with Crippen molar-refractivity contribution < 1.29 is 9.50 Å². The highest BCUT2D eigenvalue weighted by molar-refractivity contribution is 5.93. The molecule has 0 bridgehead atoms. The lowest BCUT2D eigenvalue weighted by molar-refractivity contribution is 0.428. The number of fused-ring (bicyclic) bond motifs is 2. The fraction of sp³-hybridized carbons (Fsp3) is 0.0435. The molecule has 1 N–H and O–H groups in total. The SMILES string of the molecule is Oc1c2cccnc2cn1Cc1ccc(-c2cccc3cccnc23)cc1F. The van der Waals surface area contributed by atoms with E-state index in [1.807, 2.05) is 36.4 Å². The topological polar surface area (TPSA) is 50.9 Å². The first kappa shape index (κ1) is 16.4. The van der Waals surface area contributed by atoms with E-state index in [1.54, 1.807) is 41.4 Å². The lowest BCUT2D eigenvalue weighted by Crippen LogP contribution is -2.00. The van der Waals surface area contributed by atoms with Crippen molar-refractivity contribution in [3.63, 3.8) is 0 Å². The molecular formula is C23H16FN3O. The molecule has 0 saturated carbocycles. The summed E-state index contributed by atoms with van der Waals surface area (Å²) in [4.78, 5) is 8.67. The van der Waals surface area contributed by atoms with E-state index in [9.17, 15) is 9.50 Å². The molecule has 3 heterocycles. The third kappa shape index (κ3) is 2.68. The van der Waals surface area contributed by atoms with Gasteiger partial charge < -0.3 is 9.67 Å². The van der Waals surface area contributed by atoms with E-state index in [-0.39, 0.29) is 18.2 Å². The Balaban J connectivity index is 1.54. The van der Waals surface area contributed by atoms with Crippen LogP contribution in [0.15, 0.2) is 79.3 Å². The summed E-state index contributed by atoms with van der Waals surface area (Å²) in [5, 5.41) is 12.1. The maximum atomic E-state index is 14.9. The van der Waals surface area contributed by atoms with Crippen LogP contribution in [0.1, 0.15) is 5.56 Å². The predicted molar refractivity (Wildman–Crippen MR) is 108 cm³/mol. The second-order valence-corrected chi connectivity index (χ2v) is 6.70. The minimum absolute atomic E-state index is 0.0878. The van der Waals surface area contributed by atoms with Crippen molar-refractivity contribution in [3.05, 3.63) is 90.6 Å². The minimum Gasteiger partial charge on any atom is -0.494 e. The Hall–Kier alpha value is -3.73. The highest BCUT2D eigenvalue weighted by Gasteiger charge is 2.13. The molecule has 0 radical (unpaired) electrons. The smallest absolute Gasteiger partial charge is 0.201 e. The second-order valence-electron chi connectivity index (χ2n) is 6.70. The molecule has 28 heavy (non-hydrogen) atoms. The van der Waals surface area contributed by atoms with E-state index >= 15 is 0 Å². The largest absolute Gasteiger partial charge is 0.494 e. The third-order valence-corrected chi connectivity index (χ3v) is 4.97. The highest BCUT2D eigenvalue weighted by atomic mass is 19.1. The van der Waals surface area contributed by atoms with Gasteiger partial charge in [-0.15, -0.1) is 0 Å². The number of pyridine rings is 2. The molecule has 3 aromatic heterocycles. The van der Waals surface area contributed by atoms with Gasteiger partial charge in [-0.2, -0.15) is 0 Å². The second kappa shape index (κ2) is 6.46. The average Bonchev–Trinajstić information content (AvgIpc) is 3.05. The van der Waals surface area contributed by atoms with Crippen LogP contribution in [0.3, 0.4) is 0 Å². The molecule has 0 fully saturated rings. The Bertz CT molecular complexity index is 1320. The number of benzene rings is 2. The molecule has 5 aromatic rings. The van der Waals surface area contributed by atoms with Crippen LogP contribution >= 0.6 is 0 Å². The molecule has 0 amide bonds. The molecular weight excluding hydrogens is 353 g/mol. The van der Waals surface area contributed by atoms with Crippen molar-refractivity contribution in [3.8, 4) is 17.0 Å². The summed E-state index contributed by atoms with van der Waals surface area (Å²) in [5.41, 5.74) is 3.68. The number of hydrogen-bond acceptors (Lipinski definition) is 3. The monoisotopic (exact) mass is 369 g/mol. The van der Waals surface area contributed by atoms with Crippen molar-refractivity contribution in [2.24, 2.45) is 0 Å². The molecule has 2 aromatic carbocycles. The summed E-state index contributed by atoms with van der Waals surface area (Å²) >= 11 is 0. The van der Waals surface area contributed by atoms with Crippen LogP contribution in [0.25, 0.3) is 32.9 Å². The van der Waals surface area contributed by atoms with Gasteiger partial charge in [-0.25, -0.2) is 4.39 Å². The molecule has 0 atom stereocenters. The Morgan fingerprint density at radius 2 is 1.75 bits per heavy atom. The number of aromatic nitrogens is 3. The van der Waals surface area contributed by atoms with Crippen molar-refractivity contribution in [2.75, 3.05) is 0 Å². The van der Waals surface area contributed by atoms with Crippen molar-refractivity contribution in [2.45, 2.75) is 6.54 Å². The molecule has 0 spiro atoms. The molecule has 0 unspecified atom stereocenters. The molecule has 5 rings (SSSR count). The van der Waals surface area contributed by atoms with E-state index < -0.39 is 0 Å². The van der Waals surface area contributed by atoms with Gasteiger partial charge in [-0.3, -0.25) is 9.97 Å². The van der Waals surface area contributed by atoms with E-state index in [4.69, 9.17) is 0 Å². The van der Waals surface area contributed by atoms with Crippen LogP contribution in [0.4, 0.5) is 4.39 Å². The highest BCUT2D eigenvalue weighted by Crippen LogP contribution is 2.30. The normalized spacial score (nSPS) is 11.3. The Kier molecular flexibility index (Phi) is 3.79. The Morgan fingerprint density at radius 1 is 0.929 bits per heavy atom. The Morgan fingerprint density at radius 3 is 2.61 bits per heavy atom. The summed E-state index contributed by atoms with van der Waals surface area (Å²) in [6, 6.07) is 18.5. The van der Waals surface area contributed by atoms with Gasteiger partial charge in [0.2, 0.25) is 5.88 Å². The Labute approximate surface area is 160 Å². The maximum Gasteiger partial charge on any atom is 0.201 e. The summed E-state index contributed by atoms with van der Waals surface area (Å²) in [7, 11) is 0. The van der Waals surface area contributed by atoms with Gasteiger partial charge in [0, 0.05) is 35.1 Å². The fourth-order valence-corrected chi connectivity index (χ4v) is 3.56. The molecule has 0 saturated heterocycles. The van der Waals surface area contributed by atoms with E-state index in [0.29, 0.717) is 16.5 Å². The number of nitrogens with zero attached hydrogens (tertiary/aromatic N) is 3. The van der Waals surface area contributed by atoms with Crippen molar-refractivity contribution in [1.29, 1.82) is 0 Å². The number of halogens is 1. The molecule has 0 aliphatic heterocycles. The fourth-order valence-electron chi connectivity index (χ4n) is 3.56. The predicted octanol–water partition coefficient (Wildman–Crippen LogP) is 5.14. The maximum absolute atomic E-state index is 14.9. The van der Waals surface area contributed by atoms with Gasteiger partial charge in [0.05, 0.1) is 23.0 Å². The van der Waals surface area contributed by atoms with Crippen LogP contribution in [-0.4, -0.2) is 19.6 Å².